The quantitative estimate of drug-likeness (QED) is 0.591. The zero-order chi connectivity index (χ0) is 15.9. The van der Waals surface area contributed by atoms with Crippen molar-refractivity contribution in [1.82, 2.24) is 0 Å². The van der Waals surface area contributed by atoms with Crippen LogP contribution in [0.1, 0.15) is 20.3 Å². The molecule has 1 heterocycles. The minimum atomic E-state index is -1.00. The second kappa shape index (κ2) is 7.68. The molecule has 1 aromatic carbocycles. The maximum atomic E-state index is 12.0. The predicted molar refractivity (Wildman–Crippen MR) is 77.7 cm³/mol. The minimum absolute atomic E-state index is 0.159. The Bertz CT molecular complexity index is 509. The standard InChI is InChI=1S/C16H20O6/c1-3-19-15(17)12(16(18)20-4-2)9-11-10-21-13-7-5-6-8-14(13)22-11/h5-8,11-12H,3-4,9-10H2,1-2H3. The van der Waals surface area contributed by atoms with Gasteiger partial charge in [0.2, 0.25) is 0 Å². The maximum Gasteiger partial charge on any atom is 0.320 e. The number of ether oxygens (including phenoxy) is 4. The molecule has 2 rings (SSSR count). The van der Waals surface area contributed by atoms with Crippen molar-refractivity contribution in [2.24, 2.45) is 5.92 Å². The zero-order valence-electron chi connectivity index (χ0n) is 12.7. The first kappa shape index (κ1) is 16.1. The third-order valence-electron chi connectivity index (χ3n) is 3.21. The van der Waals surface area contributed by atoms with Crippen molar-refractivity contribution < 1.29 is 28.5 Å². The largest absolute Gasteiger partial charge is 0.486 e. The van der Waals surface area contributed by atoms with Crippen molar-refractivity contribution in [3.8, 4) is 11.5 Å². The molecule has 1 unspecified atom stereocenters. The van der Waals surface area contributed by atoms with E-state index in [1.165, 1.54) is 0 Å². The van der Waals surface area contributed by atoms with E-state index in [1.807, 2.05) is 12.1 Å². The first-order chi connectivity index (χ1) is 10.7. The lowest BCUT2D eigenvalue weighted by molar-refractivity contribution is -0.163. The van der Waals surface area contributed by atoms with Crippen LogP contribution >= 0.6 is 0 Å². The molecule has 1 atom stereocenters. The van der Waals surface area contributed by atoms with Crippen molar-refractivity contribution in [1.29, 1.82) is 0 Å². The van der Waals surface area contributed by atoms with Gasteiger partial charge in [-0.2, -0.15) is 0 Å². The van der Waals surface area contributed by atoms with Crippen molar-refractivity contribution in [3.63, 3.8) is 0 Å². The van der Waals surface area contributed by atoms with Crippen LogP contribution in [0.4, 0.5) is 0 Å². The molecule has 0 aromatic heterocycles. The van der Waals surface area contributed by atoms with Crippen molar-refractivity contribution in [2.45, 2.75) is 26.4 Å². The highest BCUT2D eigenvalue weighted by atomic mass is 16.6. The summed E-state index contributed by atoms with van der Waals surface area (Å²) >= 11 is 0. The third-order valence-corrected chi connectivity index (χ3v) is 3.21. The number of benzene rings is 1. The van der Waals surface area contributed by atoms with Gasteiger partial charge in [0.25, 0.3) is 0 Å². The highest BCUT2D eigenvalue weighted by molar-refractivity contribution is 5.94. The summed E-state index contributed by atoms with van der Waals surface area (Å²) in [6.45, 7) is 4.07. The SMILES string of the molecule is CCOC(=O)C(CC1COc2ccccc2O1)C(=O)OCC. The zero-order valence-corrected chi connectivity index (χ0v) is 12.7. The van der Waals surface area contributed by atoms with Gasteiger partial charge in [-0.15, -0.1) is 0 Å². The molecule has 0 fully saturated rings. The van der Waals surface area contributed by atoms with Crippen LogP contribution < -0.4 is 9.47 Å². The molecule has 0 bridgehead atoms. The molecule has 6 nitrogen and oxygen atoms in total. The average Bonchev–Trinajstić information content (AvgIpc) is 2.52. The lowest BCUT2D eigenvalue weighted by Gasteiger charge is -2.28. The first-order valence-electron chi connectivity index (χ1n) is 7.37. The molecule has 0 aliphatic carbocycles. The monoisotopic (exact) mass is 308 g/mol. The molecule has 0 saturated heterocycles. The van der Waals surface area contributed by atoms with Crippen molar-refractivity contribution in [2.75, 3.05) is 19.8 Å². The molecule has 1 aliphatic rings. The van der Waals surface area contributed by atoms with Gasteiger partial charge in [0, 0.05) is 6.42 Å². The van der Waals surface area contributed by atoms with Crippen LogP contribution in [-0.4, -0.2) is 37.9 Å². The molecule has 22 heavy (non-hydrogen) atoms. The second-order valence-electron chi connectivity index (χ2n) is 4.79. The highest BCUT2D eigenvalue weighted by Gasteiger charge is 2.34. The van der Waals surface area contributed by atoms with E-state index in [0.717, 1.165) is 0 Å². The molecule has 1 aromatic rings. The number of esters is 2. The second-order valence-corrected chi connectivity index (χ2v) is 4.79. The van der Waals surface area contributed by atoms with Crippen LogP contribution in [0.25, 0.3) is 0 Å². The summed E-state index contributed by atoms with van der Waals surface area (Å²) in [7, 11) is 0. The lowest BCUT2D eigenvalue weighted by Crippen LogP contribution is -2.37. The van der Waals surface area contributed by atoms with E-state index in [2.05, 4.69) is 0 Å². The Morgan fingerprint density at radius 1 is 1.14 bits per heavy atom. The maximum absolute atomic E-state index is 12.0. The number of carbonyl (C=O) groups is 2. The van der Waals surface area contributed by atoms with E-state index in [0.29, 0.717) is 11.5 Å². The van der Waals surface area contributed by atoms with E-state index in [1.54, 1.807) is 26.0 Å². The summed E-state index contributed by atoms with van der Waals surface area (Å²) in [6.07, 6.45) is -0.250. The van der Waals surface area contributed by atoms with E-state index >= 15 is 0 Å². The minimum Gasteiger partial charge on any atom is -0.486 e. The number of carbonyl (C=O) groups excluding carboxylic acids is 2. The van der Waals surface area contributed by atoms with Gasteiger partial charge >= 0.3 is 11.9 Å². The summed E-state index contributed by atoms with van der Waals surface area (Å²) in [5, 5.41) is 0. The van der Waals surface area contributed by atoms with E-state index in [9.17, 15) is 9.59 Å². The Balaban J connectivity index is 2.04. The number of rotatable bonds is 6. The van der Waals surface area contributed by atoms with Crippen LogP contribution in [0.5, 0.6) is 11.5 Å². The van der Waals surface area contributed by atoms with Gasteiger partial charge in [-0.3, -0.25) is 9.59 Å². The van der Waals surface area contributed by atoms with Crippen LogP contribution in [0.3, 0.4) is 0 Å². The van der Waals surface area contributed by atoms with Gasteiger partial charge in [0.05, 0.1) is 13.2 Å². The topological polar surface area (TPSA) is 71.1 Å². The van der Waals surface area contributed by atoms with Gasteiger partial charge in [0.1, 0.15) is 12.7 Å². The van der Waals surface area contributed by atoms with Crippen LogP contribution in [0.2, 0.25) is 0 Å². The molecule has 0 N–H and O–H groups in total. The van der Waals surface area contributed by atoms with Crippen LogP contribution in [-0.2, 0) is 19.1 Å². The van der Waals surface area contributed by atoms with Crippen molar-refractivity contribution >= 4 is 11.9 Å². The Morgan fingerprint density at radius 2 is 1.73 bits per heavy atom. The smallest absolute Gasteiger partial charge is 0.320 e. The average molecular weight is 308 g/mol. The Morgan fingerprint density at radius 3 is 2.32 bits per heavy atom. The highest BCUT2D eigenvalue weighted by Crippen LogP contribution is 2.32. The molecule has 1 aliphatic heterocycles. The fourth-order valence-corrected chi connectivity index (χ4v) is 2.22. The molecule has 0 amide bonds. The summed E-state index contributed by atoms with van der Waals surface area (Å²) in [4.78, 5) is 23.9. The molecular formula is C16H20O6. The molecule has 120 valence electrons. The van der Waals surface area contributed by atoms with Gasteiger partial charge < -0.3 is 18.9 Å². The van der Waals surface area contributed by atoms with E-state index in [-0.39, 0.29) is 26.2 Å². The van der Waals surface area contributed by atoms with Crippen LogP contribution in [0.15, 0.2) is 24.3 Å². The van der Waals surface area contributed by atoms with Gasteiger partial charge in [-0.1, -0.05) is 12.1 Å². The molecule has 0 radical (unpaired) electrons. The van der Waals surface area contributed by atoms with Gasteiger partial charge in [-0.05, 0) is 26.0 Å². The van der Waals surface area contributed by atoms with Crippen LogP contribution in [0, 0.1) is 5.92 Å². The molecule has 0 saturated carbocycles. The van der Waals surface area contributed by atoms with Gasteiger partial charge in [0.15, 0.2) is 17.4 Å². The van der Waals surface area contributed by atoms with E-state index < -0.39 is 24.0 Å². The van der Waals surface area contributed by atoms with E-state index in [4.69, 9.17) is 18.9 Å². The summed E-state index contributed by atoms with van der Waals surface area (Å²) in [5.74, 6) is -0.932. The lowest BCUT2D eigenvalue weighted by atomic mass is 10.0. The fraction of sp³-hybridized carbons (Fsp3) is 0.500. The predicted octanol–water partition coefficient (Wildman–Crippen LogP) is 1.96. The number of para-hydroxylation sites is 2. The summed E-state index contributed by atoms with van der Waals surface area (Å²) in [5.41, 5.74) is 0. The Kier molecular flexibility index (Phi) is 5.63. The van der Waals surface area contributed by atoms with Gasteiger partial charge in [-0.25, -0.2) is 0 Å². The number of hydrogen-bond donors (Lipinski definition) is 0. The summed E-state index contributed by atoms with van der Waals surface area (Å²) in [6, 6.07) is 7.27. The normalized spacial score (nSPS) is 16.2. The Labute approximate surface area is 129 Å². The number of fused-ring (bicyclic) bond motifs is 1. The summed E-state index contributed by atoms with van der Waals surface area (Å²) < 4.78 is 21.3. The molecular weight excluding hydrogens is 288 g/mol. The third kappa shape index (κ3) is 3.90. The Hall–Kier alpha value is -2.24. The molecule has 0 spiro atoms. The fourth-order valence-electron chi connectivity index (χ4n) is 2.22. The van der Waals surface area contributed by atoms with Crippen molar-refractivity contribution in [3.05, 3.63) is 24.3 Å². The molecule has 6 heteroatoms. The number of hydrogen-bond acceptors (Lipinski definition) is 6. The first-order valence-corrected chi connectivity index (χ1v) is 7.37.